The van der Waals surface area contributed by atoms with Gasteiger partial charge in [0.25, 0.3) is 5.91 Å². The molecule has 0 unspecified atom stereocenters. The Morgan fingerprint density at radius 3 is 2.46 bits per heavy atom. The number of methoxy groups -OCH3 is 1. The maximum absolute atomic E-state index is 13.0. The van der Waals surface area contributed by atoms with Gasteiger partial charge in [-0.05, 0) is 62.6 Å². The molecule has 1 N–H and O–H groups in total. The largest absolute Gasteiger partial charge is 0.496 e. The van der Waals surface area contributed by atoms with Gasteiger partial charge in [-0.2, -0.15) is 18.3 Å². The number of alkyl halides is 3. The number of ether oxygens (including phenoxy) is 1. The van der Waals surface area contributed by atoms with Crippen molar-refractivity contribution in [3.8, 4) is 17.0 Å². The van der Waals surface area contributed by atoms with E-state index in [9.17, 15) is 26.4 Å². The van der Waals surface area contributed by atoms with E-state index in [1.165, 1.54) is 13.4 Å². The summed E-state index contributed by atoms with van der Waals surface area (Å²) in [6.45, 7) is 3.75. The fraction of sp³-hybridized carbons (Fsp3) is 0.600. The molecule has 37 heavy (non-hydrogen) atoms. The second-order valence-corrected chi connectivity index (χ2v) is 12.4. The fourth-order valence-electron chi connectivity index (χ4n) is 4.68. The summed E-state index contributed by atoms with van der Waals surface area (Å²) >= 11 is 6.63. The molecule has 1 aromatic heterocycles. The number of rotatable bonds is 9. The number of amides is 1. The van der Waals surface area contributed by atoms with E-state index in [0.29, 0.717) is 61.3 Å². The topological polar surface area (TPSA) is 90.3 Å². The van der Waals surface area contributed by atoms with Crippen LogP contribution < -0.4 is 10.1 Å². The minimum atomic E-state index is -4.30. The lowest BCUT2D eigenvalue weighted by atomic mass is 9.89. The lowest BCUT2D eigenvalue weighted by Gasteiger charge is -2.27. The number of nitrogens with one attached hydrogen (secondary N) is 1. The van der Waals surface area contributed by atoms with Crippen LogP contribution in [0.3, 0.4) is 0 Å². The van der Waals surface area contributed by atoms with Crippen LogP contribution in [0.25, 0.3) is 11.3 Å². The Morgan fingerprint density at radius 2 is 1.92 bits per heavy atom. The zero-order chi connectivity index (χ0) is 27.5. The van der Waals surface area contributed by atoms with E-state index >= 15 is 0 Å². The summed E-state index contributed by atoms with van der Waals surface area (Å²) in [5, 5.41) is 7.04. The molecule has 1 saturated carbocycles. The van der Waals surface area contributed by atoms with Crippen molar-refractivity contribution in [2.45, 2.75) is 63.9 Å². The highest BCUT2D eigenvalue weighted by Crippen LogP contribution is 2.38. The molecule has 12 heteroatoms. The number of sulfone groups is 1. The summed E-state index contributed by atoms with van der Waals surface area (Å²) < 4.78 is 69.6. The Labute approximate surface area is 220 Å². The zero-order valence-corrected chi connectivity index (χ0v) is 22.9. The van der Waals surface area contributed by atoms with Gasteiger partial charge in [-0.25, -0.2) is 8.42 Å². The number of aromatic nitrogens is 2. The zero-order valence-electron chi connectivity index (χ0n) is 21.4. The number of aryl methyl sites for hydroxylation is 1. The first kappa shape index (κ1) is 29.3. The predicted octanol–water partition coefficient (Wildman–Crippen LogP) is 5.31. The van der Waals surface area contributed by atoms with Gasteiger partial charge in [-0.15, -0.1) is 0 Å². The first-order valence-electron chi connectivity index (χ1n) is 12.2. The smallest absolute Gasteiger partial charge is 0.391 e. The van der Waals surface area contributed by atoms with E-state index in [-0.39, 0.29) is 28.3 Å². The third-order valence-electron chi connectivity index (χ3n) is 6.98. The minimum absolute atomic E-state index is 0.0418. The normalized spacial score (nSPS) is 19.5. The van der Waals surface area contributed by atoms with Gasteiger partial charge in [0.15, 0.2) is 5.69 Å². The molecular formula is C25H33ClF3N3O4S. The first-order chi connectivity index (χ1) is 17.3. The van der Waals surface area contributed by atoms with Crippen molar-refractivity contribution in [3.63, 3.8) is 0 Å². The van der Waals surface area contributed by atoms with Crippen LogP contribution in [0.15, 0.2) is 18.2 Å². The standard InChI is InChI=1S/C25H33ClF3N3O4S/c1-5-32-23(19-11-8-17(13-20(19)36-3)12-15(2)25(27,28)29)21(26)22(31-32)24(33)30-14-16-6-9-18(10-7-16)37(4,34)35/h8,11,13,15-16,18H,5-7,9-10,12,14H2,1-4H3,(H,30,33)/t15-,16-,18-/m1/s1. The van der Waals surface area contributed by atoms with Crippen LogP contribution in [0.1, 0.15) is 55.6 Å². The van der Waals surface area contributed by atoms with Crippen LogP contribution in [0, 0.1) is 11.8 Å². The molecule has 0 spiro atoms. The van der Waals surface area contributed by atoms with Crippen LogP contribution >= 0.6 is 11.6 Å². The van der Waals surface area contributed by atoms with Gasteiger partial charge in [0.1, 0.15) is 15.6 Å². The van der Waals surface area contributed by atoms with Crippen molar-refractivity contribution in [2.75, 3.05) is 19.9 Å². The molecule has 0 radical (unpaired) electrons. The second-order valence-electron chi connectivity index (χ2n) is 9.69. The SMILES string of the molecule is CCn1nc(C(=O)NC[C@H]2CC[C@H](S(C)(=O)=O)CC2)c(Cl)c1-c1ccc(C[C@@H](C)C(F)(F)F)cc1OC. The Balaban J connectivity index is 1.78. The average molecular weight is 564 g/mol. The number of carbonyl (C=O) groups is 1. The molecule has 1 fully saturated rings. The van der Waals surface area contributed by atoms with Crippen molar-refractivity contribution in [1.29, 1.82) is 0 Å². The predicted molar refractivity (Wildman–Crippen MR) is 137 cm³/mol. The molecule has 1 amide bonds. The number of hydrogen-bond donors (Lipinski definition) is 1. The third kappa shape index (κ3) is 6.98. The Kier molecular flexibility index (Phi) is 9.21. The lowest BCUT2D eigenvalue weighted by Crippen LogP contribution is -2.34. The Hall–Kier alpha value is -2.27. The van der Waals surface area contributed by atoms with Crippen molar-refractivity contribution in [2.24, 2.45) is 11.8 Å². The van der Waals surface area contributed by atoms with Gasteiger partial charge in [-0.3, -0.25) is 9.48 Å². The van der Waals surface area contributed by atoms with Gasteiger partial charge < -0.3 is 10.1 Å². The van der Waals surface area contributed by atoms with Crippen LogP contribution in [-0.4, -0.2) is 55.4 Å². The molecule has 206 valence electrons. The number of halogens is 4. The second kappa shape index (κ2) is 11.6. The maximum Gasteiger partial charge on any atom is 0.391 e. The minimum Gasteiger partial charge on any atom is -0.496 e. The van der Waals surface area contributed by atoms with Crippen molar-refractivity contribution >= 4 is 27.3 Å². The van der Waals surface area contributed by atoms with Gasteiger partial charge in [0.05, 0.1) is 29.0 Å². The monoisotopic (exact) mass is 563 g/mol. The quantitative estimate of drug-likeness (QED) is 0.447. The van der Waals surface area contributed by atoms with Crippen molar-refractivity contribution < 1.29 is 31.1 Å². The highest BCUT2D eigenvalue weighted by Gasteiger charge is 2.36. The third-order valence-corrected chi connectivity index (χ3v) is 9.02. The van der Waals surface area contributed by atoms with Crippen LogP contribution in [0.5, 0.6) is 5.75 Å². The molecule has 0 saturated heterocycles. The van der Waals surface area contributed by atoms with Crippen LogP contribution in [0.2, 0.25) is 5.02 Å². The summed E-state index contributed by atoms with van der Waals surface area (Å²) in [6.07, 6.45) is -0.673. The summed E-state index contributed by atoms with van der Waals surface area (Å²) in [7, 11) is -1.64. The molecule has 1 aliphatic carbocycles. The highest BCUT2D eigenvalue weighted by atomic mass is 35.5. The van der Waals surface area contributed by atoms with E-state index in [2.05, 4.69) is 10.4 Å². The summed E-state index contributed by atoms with van der Waals surface area (Å²) in [5.41, 5.74) is 1.46. The fourth-order valence-corrected chi connectivity index (χ4v) is 6.14. The molecule has 2 aromatic rings. The molecule has 0 aliphatic heterocycles. The Bertz CT molecular complexity index is 1220. The highest BCUT2D eigenvalue weighted by molar-refractivity contribution is 7.91. The van der Waals surface area contributed by atoms with E-state index < -0.39 is 27.8 Å². The van der Waals surface area contributed by atoms with Gasteiger partial charge in [0.2, 0.25) is 0 Å². The number of hydrogen-bond acceptors (Lipinski definition) is 5. The summed E-state index contributed by atoms with van der Waals surface area (Å²) in [6, 6.07) is 4.78. The molecule has 1 aliphatic rings. The van der Waals surface area contributed by atoms with Crippen LogP contribution in [0.4, 0.5) is 13.2 Å². The molecule has 1 atom stereocenters. The van der Waals surface area contributed by atoms with Crippen LogP contribution in [-0.2, 0) is 22.8 Å². The Morgan fingerprint density at radius 1 is 1.27 bits per heavy atom. The molecular weight excluding hydrogens is 531 g/mol. The molecule has 0 bridgehead atoms. The van der Waals surface area contributed by atoms with E-state index in [1.54, 1.807) is 22.9 Å². The average Bonchev–Trinajstić information content (AvgIpc) is 3.17. The van der Waals surface area contributed by atoms with Gasteiger partial charge in [-0.1, -0.05) is 24.6 Å². The first-order valence-corrected chi connectivity index (χ1v) is 14.6. The molecule has 3 rings (SSSR count). The maximum atomic E-state index is 13.0. The molecule has 7 nitrogen and oxygen atoms in total. The summed E-state index contributed by atoms with van der Waals surface area (Å²) in [4.78, 5) is 13.0. The van der Waals surface area contributed by atoms with Crippen molar-refractivity contribution in [1.82, 2.24) is 15.1 Å². The molecule has 1 aromatic carbocycles. The number of nitrogens with zero attached hydrogens (tertiary/aromatic N) is 2. The molecule has 1 heterocycles. The van der Waals surface area contributed by atoms with Crippen molar-refractivity contribution in [3.05, 3.63) is 34.5 Å². The van der Waals surface area contributed by atoms with E-state index in [4.69, 9.17) is 16.3 Å². The van der Waals surface area contributed by atoms with Gasteiger partial charge >= 0.3 is 6.18 Å². The van der Waals surface area contributed by atoms with Gasteiger partial charge in [0, 0.05) is 24.9 Å². The summed E-state index contributed by atoms with van der Waals surface area (Å²) in [5.74, 6) is -1.46. The van der Waals surface area contributed by atoms with E-state index in [1.807, 2.05) is 6.92 Å². The van der Waals surface area contributed by atoms with E-state index in [0.717, 1.165) is 6.92 Å². The number of benzene rings is 1. The lowest BCUT2D eigenvalue weighted by molar-refractivity contribution is -0.169. The number of carbonyl (C=O) groups excluding carboxylic acids is 1.